The van der Waals surface area contributed by atoms with Crippen LogP contribution in [-0.4, -0.2) is 20.3 Å². The summed E-state index contributed by atoms with van der Waals surface area (Å²) in [5, 5.41) is 10.2. The minimum atomic E-state index is -0.474. The topological polar surface area (TPSA) is 38.0 Å². The van der Waals surface area contributed by atoms with Gasteiger partial charge < -0.3 is 9.67 Å². The minimum absolute atomic E-state index is 0.474. The fourth-order valence-electron chi connectivity index (χ4n) is 2.30. The Morgan fingerprint density at radius 2 is 2.21 bits per heavy atom. The summed E-state index contributed by atoms with van der Waals surface area (Å²) < 4.78 is 2.11. The number of aliphatic hydroxyl groups is 1. The summed E-state index contributed by atoms with van der Waals surface area (Å²) in [6.07, 6.45) is 8.69. The normalized spacial score (nSPS) is 20.1. The van der Waals surface area contributed by atoms with Crippen molar-refractivity contribution >= 4 is 0 Å². The van der Waals surface area contributed by atoms with E-state index >= 15 is 0 Å². The molecular formula is C11H18N2O. The van der Waals surface area contributed by atoms with E-state index in [0.29, 0.717) is 6.42 Å². The van der Waals surface area contributed by atoms with Gasteiger partial charge in [0.1, 0.15) is 5.82 Å². The molecule has 14 heavy (non-hydrogen) atoms. The van der Waals surface area contributed by atoms with Crippen LogP contribution in [0.3, 0.4) is 0 Å². The van der Waals surface area contributed by atoms with Gasteiger partial charge in [0.05, 0.1) is 5.60 Å². The van der Waals surface area contributed by atoms with Crippen molar-refractivity contribution in [2.45, 2.75) is 51.2 Å². The maximum atomic E-state index is 10.2. The first-order valence-corrected chi connectivity index (χ1v) is 5.46. The van der Waals surface area contributed by atoms with Crippen LogP contribution in [0.1, 0.15) is 38.4 Å². The maximum absolute atomic E-state index is 10.2. The van der Waals surface area contributed by atoms with Gasteiger partial charge in [-0.3, -0.25) is 0 Å². The molecule has 0 aromatic carbocycles. The van der Waals surface area contributed by atoms with E-state index in [1.54, 1.807) is 0 Å². The van der Waals surface area contributed by atoms with Crippen LogP contribution in [0, 0.1) is 0 Å². The number of hydrogen-bond acceptors (Lipinski definition) is 2. The lowest BCUT2D eigenvalue weighted by Gasteiger charge is -2.21. The third-order valence-electron chi connectivity index (χ3n) is 3.16. The lowest BCUT2D eigenvalue weighted by atomic mass is 9.98. The van der Waals surface area contributed by atoms with Crippen molar-refractivity contribution in [3.8, 4) is 0 Å². The van der Waals surface area contributed by atoms with Gasteiger partial charge in [-0.1, -0.05) is 12.8 Å². The highest BCUT2D eigenvalue weighted by Gasteiger charge is 2.32. The summed E-state index contributed by atoms with van der Waals surface area (Å²) in [5.74, 6) is 1.02. The molecule has 0 aliphatic heterocycles. The quantitative estimate of drug-likeness (QED) is 0.796. The lowest BCUT2D eigenvalue weighted by Crippen LogP contribution is -2.28. The second-order valence-corrected chi connectivity index (χ2v) is 4.24. The number of hydrogen-bond donors (Lipinski definition) is 1. The van der Waals surface area contributed by atoms with Gasteiger partial charge in [-0.2, -0.15) is 0 Å². The molecular weight excluding hydrogens is 176 g/mol. The largest absolute Gasteiger partial charge is 0.389 e. The van der Waals surface area contributed by atoms with Crippen LogP contribution in [0.25, 0.3) is 0 Å². The molecule has 0 atom stereocenters. The third kappa shape index (κ3) is 1.82. The van der Waals surface area contributed by atoms with Crippen LogP contribution in [-0.2, 0) is 13.0 Å². The van der Waals surface area contributed by atoms with Crippen LogP contribution in [0.2, 0.25) is 0 Å². The van der Waals surface area contributed by atoms with Crippen molar-refractivity contribution in [2.75, 3.05) is 0 Å². The van der Waals surface area contributed by atoms with Gasteiger partial charge >= 0.3 is 0 Å². The summed E-state index contributed by atoms with van der Waals surface area (Å²) in [4.78, 5) is 4.30. The van der Waals surface area contributed by atoms with E-state index in [4.69, 9.17) is 0 Å². The Hall–Kier alpha value is -0.830. The first kappa shape index (κ1) is 9.71. The lowest BCUT2D eigenvalue weighted by molar-refractivity contribution is 0.0453. The molecule has 1 aromatic rings. The molecule has 78 valence electrons. The van der Waals surface area contributed by atoms with Crippen LogP contribution in [0.15, 0.2) is 12.4 Å². The molecule has 2 rings (SSSR count). The standard InChI is InChI=1S/C11H18N2O/c1-2-13-8-7-12-10(13)9-11(14)5-3-4-6-11/h7-8,14H,2-6,9H2,1H3. The van der Waals surface area contributed by atoms with Gasteiger partial charge in [0.15, 0.2) is 0 Å². The van der Waals surface area contributed by atoms with Gasteiger partial charge in [0, 0.05) is 25.4 Å². The van der Waals surface area contributed by atoms with Crippen LogP contribution in [0.5, 0.6) is 0 Å². The van der Waals surface area contributed by atoms with Crippen molar-refractivity contribution in [2.24, 2.45) is 0 Å². The van der Waals surface area contributed by atoms with E-state index in [2.05, 4.69) is 16.5 Å². The molecule has 1 aliphatic carbocycles. The highest BCUT2D eigenvalue weighted by molar-refractivity contribution is 5.00. The Kier molecular flexibility index (Phi) is 2.59. The van der Waals surface area contributed by atoms with Crippen LogP contribution in [0.4, 0.5) is 0 Å². The number of aryl methyl sites for hydroxylation is 1. The van der Waals surface area contributed by atoms with Crippen LogP contribution < -0.4 is 0 Å². The van der Waals surface area contributed by atoms with Gasteiger partial charge in [-0.05, 0) is 19.8 Å². The molecule has 0 unspecified atom stereocenters. The molecule has 1 saturated carbocycles. The Balaban J connectivity index is 2.09. The zero-order chi connectivity index (χ0) is 10.0. The molecule has 3 nitrogen and oxygen atoms in total. The first-order chi connectivity index (χ1) is 6.73. The van der Waals surface area contributed by atoms with Gasteiger partial charge in [-0.15, -0.1) is 0 Å². The van der Waals surface area contributed by atoms with E-state index in [1.807, 2.05) is 12.4 Å². The highest BCUT2D eigenvalue weighted by Crippen LogP contribution is 2.32. The van der Waals surface area contributed by atoms with E-state index < -0.39 is 5.60 Å². The molecule has 0 spiro atoms. The molecule has 1 aliphatic rings. The Labute approximate surface area is 84.8 Å². The Morgan fingerprint density at radius 1 is 1.50 bits per heavy atom. The van der Waals surface area contributed by atoms with Gasteiger partial charge in [0.2, 0.25) is 0 Å². The van der Waals surface area contributed by atoms with Crippen molar-refractivity contribution < 1.29 is 5.11 Å². The summed E-state index contributed by atoms with van der Waals surface area (Å²) in [6.45, 7) is 3.04. The molecule has 1 fully saturated rings. The first-order valence-electron chi connectivity index (χ1n) is 5.46. The number of imidazole rings is 1. The molecule has 0 amide bonds. The second kappa shape index (κ2) is 3.73. The second-order valence-electron chi connectivity index (χ2n) is 4.24. The van der Waals surface area contributed by atoms with Crippen molar-refractivity contribution in [1.29, 1.82) is 0 Å². The number of aromatic nitrogens is 2. The molecule has 1 N–H and O–H groups in total. The zero-order valence-electron chi connectivity index (χ0n) is 8.74. The van der Waals surface area contributed by atoms with Gasteiger partial charge in [-0.25, -0.2) is 4.98 Å². The summed E-state index contributed by atoms with van der Waals surface area (Å²) in [7, 11) is 0. The summed E-state index contributed by atoms with van der Waals surface area (Å²) >= 11 is 0. The molecule has 0 bridgehead atoms. The smallest absolute Gasteiger partial charge is 0.111 e. The predicted octanol–water partition coefficient (Wildman–Crippen LogP) is 1.75. The number of rotatable bonds is 3. The molecule has 0 radical (unpaired) electrons. The maximum Gasteiger partial charge on any atom is 0.111 e. The summed E-state index contributed by atoms with van der Waals surface area (Å²) in [5.41, 5.74) is -0.474. The molecule has 1 aromatic heterocycles. The Morgan fingerprint density at radius 3 is 2.86 bits per heavy atom. The fourth-order valence-corrected chi connectivity index (χ4v) is 2.30. The van der Waals surface area contributed by atoms with Crippen LogP contribution >= 0.6 is 0 Å². The molecule has 0 saturated heterocycles. The SMILES string of the molecule is CCn1ccnc1CC1(O)CCCC1. The van der Waals surface area contributed by atoms with Crippen molar-refractivity contribution in [3.05, 3.63) is 18.2 Å². The van der Waals surface area contributed by atoms with E-state index in [1.165, 1.54) is 0 Å². The Bertz CT molecular complexity index is 300. The van der Waals surface area contributed by atoms with Crippen molar-refractivity contribution in [3.63, 3.8) is 0 Å². The zero-order valence-corrected chi connectivity index (χ0v) is 8.74. The third-order valence-corrected chi connectivity index (χ3v) is 3.16. The van der Waals surface area contributed by atoms with E-state index in [-0.39, 0.29) is 0 Å². The predicted molar refractivity (Wildman–Crippen MR) is 55.0 cm³/mol. The molecule has 1 heterocycles. The number of nitrogens with zero attached hydrogens (tertiary/aromatic N) is 2. The highest BCUT2D eigenvalue weighted by atomic mass is 16.3. The average molecular weight is 194 g/mol. The summed E-state index contributed by atoms with van der Waals surface area (Å²) in [6, 6.07) is 0. The molecule has 3 heteroatoms. The van der Waals surface area contributed by atoms with Crippen molar-refractivity contribution in [1.82, 2.24) is 9.55 Å². The average Bonchev–Trinajstić information content (AvgIpc) is 2.75. The monoisotopic (exact) mass is 194 g/mol. The van der Waals surface area contributed by atoms with E-state index in [9.17, 15) is 5.11 Å². The fraction of sp³-hybridized carbons (Fsp3) is 0.727. The van der Waals surface area contributed by atoms with Gasteiger partial charge in [0.25, 0.3) is 0 Å². The minimum Gasteiger partial charge on any atom is -0.389 e. The van der Waals surface area contributed by atoms with E-state index in [0.717, 1.165) is 38.1 Å².